The number of rotatable bonds is 11. The quantitative estimate of drug-likeness (QED) is 0.478. The fourth-order valence-electron chi connectivity index (χ4n) is 3.00. The van der Waals surface area contributed by atoms with Crippen LogP contribution in [0.3, 0.4) is 0 Å². The number of furan rings is 1. The molecule has 0 aliphatic carbocycles. The van der Waals surface area contributed by atoms with Gasteiger partial charge in [0.15, 0.2) is 0 Å². The van der Waals surface area contributed by atoms with Crippen LogP contribution in [0.1, 0.15) is 59.3 Å². The first-order valence-corrected chi connectivity index (χ1v) is 15.8. The van der Waals surface area contributed by atoms with Crippen LogP contribution in [0.2, 0.25) is 13.3 Å². The van der Waals surface area contributed by atoms with Crippen molar-refractivity contribution in [1.82, 2.24) is 0 Å². The summed E-state index contributed by atoms with van der Waals surface area (Å²) in [6.07, 6.45) is 8.00. The summed E-state index contributed by atoms with van der Waals surface area (Å²) in [5, 5.41) is 0. The molecule has 0 aromatic carbocycles. The molecule has 20 heavy (non-hydrogen) atoms. The Morgan fingerprint density at radius 2 is 1.40 bits per heavy atom. The van der Waals surface area contributed by atoms with Crippen LogP contribution in [-0.4, -0.2) is 25.5 Å². The van der Waals surface area contributed by atoms with Crippen LogP contribution in [0.5, 0.6) is 5.95 Å². The first-order valence-electron chi connectivity index (χ1n) is 8.36. The zero-order valence-electron chi connectivity index (χ0n) is 13.8. The van der Waals surface area contributed by atoms with Gasteiger partial charge in [0.25, 0.3) is 0 Å². The van der Waals surface area contributed by atoms with Crippen molar-refractivity contribution in [2.24, 2.45) is 0 Å². The Morgan fingerprint density at radius 1 is 0.900 bits per heavy atom. The molecule has 116 valence electrons. The van der Waals surface area contributed by atoms with Gasteiger partial charge in [-0.3, -0.25) is 0 Å². The molecule has 0 saturated heterocycles. The van der Waals surface area contributed by atoms with Crippen LogP contribution in [0.25, 0.3) is 0 Å². The molecule has 0 saturated carbocycles. The van der Waals surface area contributed by atoms with E-state index >= 15 is 0 Å². The van der Waals surface area contributed by atoms with Crippen molar-refractivity contribution >= 4 is 22.2 Å². The molecular formula is C17H32O2Sn. The summed E-state index contributed by atoms with van der Waals surface area (Å²) in [6, 6.07) is 4.25. The minimum absolute atomic E-state index is 0.700. The van der Waals surface area contributed by atoms with E-state index < -0.39 is 18.4 Å². The Hall–Kier alpha value is -0.121. The van der Waals surface area contributed by atoms with Gasteiger partial charge in [-0.25, -0.2) is 0 Å². The Bertz CT molecular complexity index is 338. The molecule has 0 spiro atoms. The molecule has 3 heteroatoms. The van der Waals surface area contributed by atoms with Gasteiger partial charge < -0.3 is 0 Å². The number of methoxy groups -OCH3 is 1. The molecule has 1 aromatic heterocycles. The van der Waals surface area contributed by atoms with Crippen LogP contribution in [-0.2, 0) is 0 Å². The topological polar surface area (TPSA) is 22.4 Å². The molecule has 0 aliphatic heterocycles. The van der Waals surface area contributed by atoms with Crippen LogP contribution >= 0.6 is 0 Å². The zero-order valence-corrected chi connectivity index (χ0v) is 16.7. The fraction of sp³-hybridized carbons (Fsp3) is 0.765. The van der Waals surface area contributed by atoms with E-state index in [-0.39, 0.29) is 0 Å². The number of ether oxygens (including phenoxy) is 1. The Morgan fingerprint density at radius 3 is 1.75 bits per heavy atom. The van der Waals surface area contributed by atoms with E-state index in [1.165, 1.54) is 55.6 Å². The van der Waals surface area contributed by atoms with Crippen LogP contribution in [0, 0.1) is 0 Å². The van der Waals surface area contributed by atoms with E-state index in [1.807, 2.05) is 6.07 Å². The normalized spacial score (nSPS) is 11.8. The summed E-state index contributed by atoms with van der Waals surface area (Å²) in [4.78, 5) is 0. The van der Waals surface area contributed by atoms with Gasteiger partial charge in [-0.15, -0.1) is 0 Å². The van der Waals surface area contributed by atoms with Gasteiger partial charge in [0.05, 0.1) is 0 Å². The second-order valence-corrected chi connectivity index (χ2v) is 18.9. The van der Waals surface area contributed by atoms with Crippen molar-refractivity contribution in [3.63, 3.8) is 0 Å². The summed E-state index contributed by atoms with van der Waals surface area (Å²) in [6.45, 7) is 6.91. The maximum absolute atomic E-state index is 6.06. The van der Waals surface area contributed by atoms with Gasteiger partial charge in [0.2, 0.25) is 0 Å². The number of hydrogen-bond acceptors (Lipinski definition) is 2. The summed E-state index contributed by atoms with van der Waals surface area (Å²) in [7, 11) is 1.70. The first-order chi connectivity index (χ1) is 9.72. The standard InChI is InChI=1S/C5H5O2.3C4H9.Sn/c1-6-5-3-2-4-7-5;3*1-3-4-2;/h2-3H,1H3;3*1,3-4H2,2H3;. The minimum atomic E-state index is -2.35. The van der Waals surface area contributed by atoms with Crippen molar-refractivity contribution in [3.8, 4) is 5.95 Å². The zero-order chi connectivity index (χ0) is 14.8. The van der Waals surface area contributed by atoms with Crippen molar-refractivity contribution in [2.45, 2.75) is 72.6 Å². The van der Waals surface area contributed by atoms with Crippen LogP contribution in [0.15, 0.2) is 16.5 Å². The van der Waals surface area contributed by atoms with E-state index in [2.05, 4.69) is 26.8 Å². The molecule has 1 heterocycles. The monoisotopic (exact) mass is 388 g/mol. The van der Waals surface area contributed by atoms with Gasteiger partial charge in [0, 0.05) is 0 Å². The average molecular weight is 387 g/mol. The predicted molar refractivity (Wildman–Crippen MR) is 89.8 cm³/mol. The molecule has 0 amide bonds. The van der Waals surface area contributed by atoms with Crippen molar-refractivity contribution in [1.29, 1.82) is 0 Å². The van der Waals surface area contributed by atoms with E-state index in [1.54, 1.807) is 7.11 Å². The van der Waals surface area contributed by atoms with E-state index in [0.717, 1.165) is 0 Å². The molecular weight excluding hydrogens is 355 g/mol. The molecule has 1 aromatic rings. The Balaban J connectivity index is 2.97. The third-order valence-electron chi connectivity index (χ3n) is 4.33. The van der Waals surface area contributed by atoms with Crippen LogP contribution < -0.4 is 8.51 Å². The third kappa shape index (κ3) is 5.01. The Kier molecular flexibility index (Phi) is 8.74. The summed E-state index contributed by atoms with van der Waals surface area (Å²) in [5.74, 6) is 0.700. The molecule has 0 radical (unpaired) electrons. The summed E-state index contributed by atoms with van der Waals surface area (Å²) < 4.78 is 17.0. The number of hydrogen-bond donors (Lipinski definition) is 0. The molecule has 2 nitrogen and oxygen atoms in total. The van der Waals surface area contributed by atoms with Gasteiger partial charge in [0.1, 0.15) is 0 Å². The molecule has 0 fully saturated rings. The average Bonchev–Trinajstić information content (AvgIpc) is 2.96. The third-order valence-corrected chi connectivity index (χ3v) is 19.3. The molecule has 0 aliphatic rings. The van der Waals surface area contributed by atoms with Crippen molar-refractivity contribution in [3.05, 3.63) is 12.1 Å². The van der Waals surface area contributed by atoms with Gasteiger partial charge in [-0.1, -0.05) is 0 Å². The van der Waals surface area contributed by atoms with E-state index in [0.29, 0.717) is 5.95 Å². The van der Waals surface area contributed by atoms with Gasteiger partial charge in [-0.05, 0) is 0 Å². The molecule has 0 atom stereocenters. The second-order valence-electron chi connectivity index (χ2n) is 5.91. The van der Waals surface area contributed by atoms with Crippen LogP contribution in [0.4, 0.5) is 0 Å². The fourth-order valence-corrected chi connectivity index (χ4v) is 18.2. The SMILES string of the molecule is CCC[CH2][Sn]([CH2]CCC)([CH2]CCC)[c]1ccc(OC)o1. The van der Waals surface area contributed by atoms with Gasteiger partial charge in [-0.2, -0.15) is 0 Å². The molecule has 0 unspecified atom stereocenters. The number of unbranched alkanes of at least 4 members (excludes halogenated alkanes) is 3. The predicted octanol–water partition coefficient (Wildman–Crippen LogP) is 5.34. The van der Waals surface area contributed by atoms with Gasteiger partial charge >= 0.3 is 129 Å². The van der Waals surface area contributed by atoms with E-state index in [9.17, 15) is 0 Å². The van der Waals surface area contributed by atoms with Crippen molar-refractivity contribution < 1.29 is 9.15 Å². The summed E-state index contributed by atoms with van der Waals surface area (Å²) >= 11 is -2.35. The maximum atomic E-state index is 6.06. The Labute approximate surface area is 129 Å². The van der Waals surface area contributed by atoms with Crippen molar-refractivity contribution in [2.75, 3.05) is 7.11 Å². The molecule has 1 rings (SSSR count). The summed E-state index contributed by atoms with van der Waals surface area (Å²) in [5.41, 5.74) is 0. The van der Waals surface area contributed by atoms with E-state index in [4.69, 9.17) is 9.15 Å². The second kappa shape index (κ2) is 9.75. The molecule has 0 N–H and O–H groups in total. The first kappa shape index (κ1) is 17.9. The molecule has 0 bridgehead atoms.